The van der Waals surface area contributed by atoms with Crippen molar-refractivity contribution in [3.05, 3.63) is 57.5 Å². The first-order valence-corrected chi connectivity index (χ1v) is 7.68. The van der Waals surface area contributed by atoms with Gasteiger partial charge >= 0.3 is 0 Å². The van der Waals surface area contributed by atoms with Crippen LogP contribution >= 0.6 is 11.3 Å². The molecular weight excluding hydrogens is 271 g/mol. The minimum absolute atomic E-state index is 0.134. The first-order chi connectivity index (χ1) is 9.61. The van der Waals surface area contributed by atoms with Crippen LogP contribution in [0.4, 0.5) is 4.39 Å². The molecule has 1 aromatic heterocycles. The number of hydrogen-bond donors (Lipinski definition) is 1. The Balaban J connectivity index is 2.04. The number of rotatable bonds is 6. The van der Waals surface area contributed by atoms with E-state index in [9.17, 15) is 4.39 Å². The van der Waals surface area contributed by atoms with E-state index in [-0.39, 0.29) is 11.9 Å². The average molecular weight is 292 g/mol. The van der Waals surface area contributed by atoms with Gasteiger partial charge in [0.15, 0.2) is 0 Å². The van der Waals surface area contributed by atoms with Crippen molar-refractivity contribution in [2.24, 2.45) is 5.73 Å². The zero-order valence-electron chi connectivity index (χ0n) is 12.0. The Kier molecular flexibility index (Phi) is 5.29. The highest BCUT2D eigenvalue weighted by molar-refractivity contribution is 7.09. The highest BCUT2D eigenvalue weighted by Gasteiger charge is 2.16. The average Bonchev–Trinajstić information content (AvgIpc) is 2.94. The molecule has 0 aliphatic carbocycles. The smallest absolute Gasteiger partial charge is 0.126 e. The van der Waals surface area contributed by atoms with Gasteiger partial charge in [0.05, 0.1) is 0 Å². The summed E-state index contributed by atoms with van der Waals surface area (Å²) in [5.41, 5.74) is 7.67. The summed E-state index contributed by atoms with van der Waals surface area (Å²) in [5.74, 6) is -0.161. The molecule has 2 aromatic rings. The molecule has 1 atom stereocenters. The highest BCUT2D eigenvalue weighted by Crippen LogP contribution is 2.21. The Morgan fingerprint density at radius 2 is 2.15 bits per heavy atom. The summed E-state index contributed by atoms with van der Waals surface area (Å²) < 4.78 is 13.4. The summed E-state index contributed by atoms with van der Waals surface area (Å²) in [6, 6.07) is 9.62. The van der Waals surface area contributed by atoms with E-state index in [1.165, 1.54) is 10.9 Å². The van der Waals surface area contributed by atoms with Gasteiger partial charge in [-0.2, -0.15) is 0 Å². The molecule has 0 bridgehead atoms. The van der Waals surface area contributed by atoms with Gasteiger partial charge in [0, 0.05) is 24.0 Å². The van der Waals surface area contributed by atoms with E-state index in [0.29, 0.717) is 12.1 Å². The first kappa shape index (κ1) is 15.2. The van der Waals surface area contributed by atoms with Crippen LogP contribution < -0.4 is 5.73 Å². The number of nitrogens with zero attached hydrogens (tertiary/aromatic N) is 1. The highest BCUT2D eigenvalue weighted by atomic mass is 32.1. The lowest BCUT2D eigenvalue weighted by Gasteiger charge is -2.27. The second-order valence-corrected chi connectivity index (χ2v) is 6.10. The molecule has 108 valence electrons. The summed E-state index contributed by atoms with van der Waals surface area (Å²) in [6.07, 6.45) is 1.02. The van der Waals surface area contributed by atoms with Gasteiger partial charge < -0.3 is 5.73 Å². The Hall–Kier alpha value is -1.23. The predicted octanol–water partition coefficient (Wildman–Crippen LogP) is 3.37. The molecule has 0 saturated heterocycles. The molecular formula is C16H21FN2S. The number of halogens is 1. The van der Waals surface area contributed by atoms with Crippen molar-refractivity contribution in [3.63, 3.8) is 0 Å². The number of thiophene rings is 1. The first-order valence-electron chi connectivity index (χ1n) is 6.80. The minimum atomic E-state index is -0.161. The lowest BCUT2D eigenvalue weighted by molar-refractivity contribution is 0.253. The standard InChI is InChI=1S/C16H21FN2S/c1-12-10-13(5-6-15(12)17)16(11-18)19(2)8-7-14-4-3-9-20-14/h3-6,9-10,16H,7-8,11,18H2,1-2H3. The van der Waals surface area contributed by atoms with Crippen LogP contribution in [0, 0.1) is 12.7 Å². The maximum Gasteiger partial charge on any atom is 0.126 e. The quantitative estimate of drug-likeness (QED) is 0.884. The number of nitrogens with two attached hydrogens (primary N) is 1. The molecule has 20 heavy (non-hydrogen) atoms. The van der Waals surface area contributed by atoms with E-state index in [4.69, 9.17) is 5.73 Å². The molecule has 0 spiro atoms. The largest absolute Gasteiger partial charge is 0.329 e. The van der Waals surface area contributed by atoms with E-state index >= 15 is 0 Å². The summed E-state index contributed by atoms with van der Waals surface area (Å²) in [5, 5.41) is 2.10. The zero-order valence-corrected chi connectivity index (χ0v) is 12.8. The van der Waals surface area contributed by atoms with Crippen LogP contribution in [0.1, 0.15) is 22.0 Å². The third kappa shape index (κ3) is 3.66. The zero-order chi connectivity index (χ0) is 14.5. The second kappa shape index (κ2) is 6.97. The summed E-state index contributed by atoms with van der Waals surface area (Å²) >= 11 is 1.78. The van der Waals surface area contributed by atoms with Crippen LogP contribution in [-0.4, -0.2) is 25.0 Å². The fraction of sp³-hybridized carbons (Fsp3) is 0.375. The molecule has 0 aliphatic rings. The van der Waals surface area contributed by atoms with Gasteiger partial charge in [0.2, 0.25) is 0 Å². The number of hydrogen-bond acceptors (Lipinski definition) is 3. The lowest BCUT2D eigenvalue weighted by atomic mass is 10.0. The maximum absolute atomic E-state index is 13.4. The number of likely N-dealkylation sites (N-methyl/N-ethyl adjacent to an activating group) is 1. The molecule has 0 saturated carbocycles. The SMILES string of the molecule is Cc1cc(C(CN)N(C)CCc2cccs2)ccc1F. The van der Waals surface area contributed by atoms with E-state index < -0.39 is 0 Å². The molecule has 4 heteroatoms. The molecule has 0 amide bonds. The fourth-order valence-corrected chi connectivity index (χ4v) is 3.04. The van der Waals surface area contributed by atoms with Crippen LogP contribution in [0.2, 0.25) is 0 Å². The van der Waals surface area contributed by atoms with Gasteiger partial charge in [-0.3, -0.25) is 4.90 Å². The van der Waals surface area contributed by atoms with Crippen molar-refractivity contribution in [2.75, 3.05) is 20.1 Å². The summed E-state index contributed by atoms with van der Waals surface area (Å²) in [7, 11) is 2.07. The topological polar surface area (TPSA) is 29.3 Å². The Morgan fingerprint density at radius 1 is 1.35 bits per heavy atom. The lowest BCUT2D eigenvalue weighted by Crippen LogP contribution is -2.32. The van der Waals surface area contributed by atoms with Crippen molar-refractivity contribution in [1.29, 1.82) is 0 Å². The van der Waals surface area contributed by atoms with Crippen LogP contribution in [0.25, 0.3) is 0 Å². The minimum Gasteiger partial charge on any atom is -0.329 e. The summed E-state index contributed by atoms with van der Waals surface area (Å²) in [4.78, 5) is 3.62. The molecule has 0 aliphatic heterocycles. The van der Waals surface area contributed by atoms with Gasteiger partial charge in [-0.1, -0.05) is 18.2 Å². The molecule has 1 heterocycles. The van der Waals surface area contributed by atoms with Gasteiger partial charge in [0.1, 0.15) is 5.82 Å². The third-order valence-electron chi connectivity index (χ3n) is 3.61. The number of aryl methyl sites for hydroxylation is 1. The van der Waals surface area contributed by atoms with E-state index in [1.807, 2.05) is 12.1 Å². The van der Waals surface area contributed by atoms with Crippen LogP contribution in [0.3, 0.4) is 0 Å². The van der Waals surface area contributed by atoms with Crippen molar-refractivity contribution < 1.29 is 4.39 Å². The molecule has 1 aromatic carbocycles. The predicted molar refractivity (Wildman–Crippen MR) is 83.6 cm³/mol. The van der Waals surface area contributed by atoms with Gasteiger partial charge in [0.25, 0.3) is 0 Å². The van der Waals surface area contributed by atoms with Gasteiger partial charge in [-0.15, -0.1) is 11.3 Å². The van der Waals surface area contributed by atoms with Crippen LogP contribution in [0.15, 0.2) is 35.7 Å². The van der Waals surface area contributed by atoms with Gasteiger partial charge in [-0.05, 0) is 49.0 Å². The summed E-state index contributed by atoms with van der Waals surface area (Å²) in [6.45, 7) is 3.27. The Bertz CT molecular complexity index is 539. The third-order valence-corrected chi connectivity index (χ3v) is 4.55. The number of benzene rings is 1. The van der Waals surface area contributed by atoms with Crippen LogP contribution in [0.5, 0.6) is 0 Å². The van der Waals surface area contributed by atoms with Crippen molar-refractivity contribution in [2.45, 2.75) is 19.4 Å². The fourth-order valence-electron chi connectivity index (χ4n) is 2.34. The van der Waals surface area contributed by atoms with E-state index in [2.05, 4.69) is 29.5 Å². The molecule has 2 rings (SSSR count). The normalized spacial score (nSPS) is 12.8. The van der Waals surface area contributed by atoms with E-state index in [0.717, 1.165) is 18.5 Å². The van der Waals surface area contributed by atoms with Crippen molar-refractivity contribution in [1.82, 2.24) is 4.90 Å². The molecule has 0 fully saturated rings. The van der Waals surface area contributed by atoms with E-state index in [1.54, 1.807) is 18.3 Å². The molecule has 0 radical (unpaired) electrons. The van der Waals surface area contributed by atoms with Crippen molar-refractivity contribution >= 4 is 11.3 Å². The van der Waals surface area contributed by atoms with Crippen molar-refractivity contribution in [3.8, 4) is 0 Å². The molecule has 2 N–H and O–H groups in total. The maximum atomic E-state index is 13.4. The molecule has 2 nitrogen and oxygen atoms in total. The van der Waals surface area contributed by atoms with Gasteiger partial charge in [-0.25, -0.2) is 4.39 Å². The Labute approximate surface area is 124 Å². The Morgan fingerprint density at radius 3 is 2.75 bits per heavy atom. The second-order valence-electron chi connectivity index (χ2n) is 5.07. The van der Waals surface area contributed by atoms with Crippen LogP contribution in [-0.2, 0) is 6.42 Å². The molecule has 1 unspecified atom stereocenters. The monoisotopic (exact) mass is 292 g/mol.